The van der Waals surface area contributed by atoms with Gasteiger partial charge in [0.05, 0.1) is 11.1 Å². The fraction of sp³-hybridized carbons (Fsp3) is 0.0800. The molecule has 10 nitrogen and oxygen atoms in total. The minimum Gasteiger partial charge on any atom is -0.478 e. The molecule has 0 fully saturated rings. The predicted molar refractivity (Wildman–Crippen MR) is 129 cm³/mol. The van der Waals surface area contributed by atoms with Gasteiger partial charge in [-0.3, -0.25) is 20.4 Å². The lowest BCUT2D eigenvalue weighted by Gasteiger charge is -2.23. The zero-order chi connectivity index (χ0) is 26.1. The smallest absolute Gasteiger partial charge is 0.349 e. The van der Waals surface area contributed by atoms with Gasteiger partial charge in [0.15, 0.2) is 0 Å². The van der Waals surface area contributed by atoms with Crippen LogP contribution in [0.5, 0.6) is 0 Å². The molecule has 2 atom stereocenters. The number of esters is 2. The van der Waals surface area contributed by atoms with Crippen LogP contribution in [0.2, 0.25) is 0 Å². The Morgan fingerprint density at radius 1 is 0.639 bits per heavy atom. The van der Waals surface area contributed by atoms with Crippen molar-refractivity contribution >= 4 is 45.7 Å². The quantitative estimate of drug-likeness (QED) is 0.284. The van der Waals surface area contributed by atoms with E-state index in [0.717, 1.165) is 4.47 Å². The molecule has 2 amide bonds. The third-order valence-electron chi connectivity index (χ3n) is 4.67. The number of hydrogen-bond acceptors (Lipinski definition) is 7. The predicted octanol–water partition coefficient (Wildman–Crippen LogP) is 2.75. The maximum absolute atomic E-state index is 12.9. The van der Waals surface area contributed by atoms with Crippen molar-refractivity contribution in [2.75, 3.05) is 0 Å². The van der Waals surface area contributed by atoms with Crippen LogP contribution in [-0.2, 0) is 19.1 Å². The highest BCUT2D eigenvalue weighted by molar-refractivity contribution is 9.10. The largest absolute Gasteiger partial charge is 0.478 e. The summed E-state index contributed by atoms with van der Waals surface area (Å²) >= 11 is 3.24. The molecule has 0 saturated heterocycles. The summed E-state index contributed by atoms with van der Waals surface area (Å²) < 4.78 is 10.9. The summed E-state index contributed by atoms with van der Waals surface area (Å²) in [5, 5.41) is 9.71. The third kappa shape index (κ3) is 7.00. The van der Waals surface area contributed by atoms with Crippen molar-refractivity contribution in [2.24, 2.45) is 0 Å². The molecular formula is C25H19BrN2O8. The molecule has 0 spiro atoms. The number of benzene rings is 3. The molecule has 0 aliphatic rings. The van der Waals surface area contributed by atoms with E-state index in [1.54, 1.807) is 24.3 Å². The number of halogens is 1. The molecule has 0 radical (unpaired) electrons. The molecule has 11 heteroatoms. The number of hydrogen-bond donors (Lipinski definition) is 3. The van der Waals surface area contributed by atoms with Crippen molar-refractivity contribution in [1.29, 1.82) is 0 Å². The molecule has 3 aromatic rings. The lowest BCUT2D eigenvalue weighted by atomic mass is 10.1. The minimum absolute atomic E-state index is 0.0147. The fourth-order valence-electron chi connectivity index (χ4n) is 2.87. The summed E-state index contributed by atoms with van der Waals surface area (Å²) in [7, 11) is 0. The number of hydrazine groups is 1. The Hall–Kier alpha value is -4.51. The highest BCUT2D eigenvalue weighted by atomic mass is 79.9. The lowest BCUT2D eigenvalue weighted by molar-refractivity contribution is -0.159. The standard InChI is InChI=1S/C25H19BrN2O8/c26-18-13-11-15(12-14-18)21(29)27-28-22(30)19(35-24(33)16-7-3-1-4-8-16)20(23(31)32)36-25(34)17-9-5-2-6-10-17/h1-14,19-20H,(H,27,29)(H,28,30)(H,31,32)/t19-,20+/m1/s1. The van der Waals surface area contributed by atoms with E-state index in [-0.39, 0.29) is 16.7 Å². The van der Waals surface area contributed by atoms with Crippen LogP contribution >= 0.6 is 15.9 Å². The van der Waals surface area contributed by atoms with E-state index in [1.807, 2.05) is 5.43 Å². The second-order valence-electron chi connectivity index (χ2n) is 7.17. The maximum Gasteiger partial charge on any atom is 0.349 e. The van der Waals surface area contributed by atoms with Crippen molar-refractivity contribution in [3.63, 3.8) is 0 Å². The summed E-state index contributed by atoms with van der Waals surface area (Å²) in [6.45, 7) is 0. The van der Waals surface area contributed by atoms with Gasteiger partial charge >= 0.3 is 17.9 Å². The molecule has 184 valence electrons. The number of carboxylic acids is 1. The molecule has 0 bridgehead atoms. The topological polar surface area (TPSA) is 148 Å². The molecule has 0 saturated carbocycles. The molecular weight excluding hydrogens is 536 g/mol. The van der Waals surface area contributed by atoms with Crippen LogP contribution in [0, 0.1) is 0 Å². The first-order valence-corrected chi connectivity index (χ1v) is 11.2. The van der Waals surface area contributed by atoms with Gasteiger partial charge in [0.1, 0.15) is 0 Å². The SMILES string of the molecule is O=C(NNC(=O)[C@H](OC(=O)c1ccccc1)[C@H](OC(=O)c1ccccc1)C(=O)O)c1ccc(Br)cc1. The molecule has 0 aliphatic carbocycles. The average Bonchev–Trinajstić information content (AvgIpc) is 2.90. The van der Waals surface area contributed by atoms with Crippen LogP contribution in [0.4, 0.5) is 0 Å². The van der Waals surface area contributed by atoms with Gasteiger partial charge in [-0.1, -0.05) is 52.3 Å². The summed E-state index contributed by atoms with van der Waals surface area (Å²) in [6.07, 6.45) is -4.37. The van der Waals surface area contributed by atoms with Crippen molar-refractivity contribution in [2.45, 2.75) is 12.2 Å². The van der Waals surface area contributed by atoms with Gasteiger partial charge in [-0.15, -0.1) is 0 Å². The van der Waals surface area contributed by atoms with E-state index in [4.69, 9.17) is 9.47 Å². The highest BCUT2D eigenvalue weighted by Gasteiger charge is 2.41. The Labute approximate surface area is 213 Å². The van der Waals surface area contributed by atoms with Gasteiger partial charge < -0.3 is 14.6 Å². The number of amides is 2. The number of ether oxygens (including phenoxy) is 2. The average molecular weight is 555 g/mol. The van der Waals surface area contributed by atoms with Gasteiger partial charge in [0.25, 0.3) is 11.8 Å². The Morgan fingerprint density at radius 2 is 1.11 bits per heavy atom. The summed E-state index contributed by atoms with van der Waals surface area (Å²) in [6, 6.07) is 21.1. The first kappa shape index (κ1) is 26.1. The summed E-state index contributed by atoms with van der Waals surface area (Å²) in [5.41, 5.74) is 4.35. The van der Waals surface area contributed by atoms with Crippen LogP contribution in [0.25, 0.3) is 0 Å². The fourth-order valence-corrected chi connectivity index (χ4v) is 3.14. The second kappa shape index (κ2) is 12.3. The number of aliphatic carboxylic acids is 1. The second-order valence-corrected chi connectivity index (χ2v) is 8.09. The van der Waals surface area contributed by atoms with E-state index in [1.165, 1.54) is 60.7 Å². The molecule has 36 heavy (non-hydrogen) atoms. The zero-order valence-electron chi connectivity index (χ0n) is 18.4. The number of carboxylic acid groups (broad SMARTS) is 1. The number of carbonyl (C=O) groups is 5. The minimum atomic E-state index is -2.23. The van der Waals surface area contributed by atoms with E-state index in [9.17, 15) is 29.1 Å². The number of nitrogens with one attached hydrogen (secondary N) is 2. The maximum atomic E-state index is 12.9. The Morgan fingerprint density at radius 3 is 1.58 bits per heavy atom. The molecule has 3 rings (SSSR count). The zero-order valence-corrected chi connectivity index (χ0v) is 20.0. The molecule has 3 N–H and O–H groups in total. The van der Waals surface area contributed by atoms with Gasteiger partial charge in [0, 0.05) is 10.0 Å². The van der Waals surface area contributed by atoms with Crippen molar-refractivity contribution in [1.82, 2.24) is 10.9 Å². The molecule has 3 aromatic carbocycles. The van der Waals surface area contributed by atoms with Crippen LogP contribution in [-0.4, -0.2) is 47.0 Å². The van der Waals surface area contributed by atoms with Crippen LogP contribution in [0.3, 0.4) is 0 Å². The van der Waals surface area contributed by atoms with Gasteiger partial charge in [-0.2, -0.15) is 0 Å². The van der Waals surface area contributed by atoms with Crippen LogP contribution < -0.4 is 10.9 Å². The van der Waals surface area contributed by atoms with Crippen molar-refractivity contribution in [3.05, 3.63) is 106 Å². The van der Waals surface area contributed by atoms with Crippen LogP contribution in [0.1, 0.15) is 31.1 Å². The Balaban J connectivity index is 1.82. The van der Waals surface area contributed by atoms with E-state index in [0.29, 0.717) is 0 Å². The Kier molecular flexibility index (Phi) is 8.89. The van der Waals surface area contributed by atoms with Gasteiger partial charge in [-0.25, -0.2) is 14.4 Å². The first-order valence-electron chi connectivity index (χ1n) is 10.4. The molecule has 0 aromatic heterocycles. The molecule has 0 heterocycles. The van der Waals surface area contributed by atoms with Gasteiger partial charge in [0.2, 0.25) is 12.2 Å². The lowest BCUT2D eigenvalue weighted by Crippen LogP contribution is -2.54. The normalized spacial score (nSPS) is 11.9. The van der Waals surface area contributed by atoms with Crippen LogP contribution in [0.15, 0.2) is 89.4 Å². The summed E-state index contributed by atoms with van der Waals surface area (Å²) in [4.78, 5) is 62.3. The Bertz CT molecular complexity index is 1250. The highest BCUT2D eigenvalue weighted by Crippen LogP contribution is 2.14. The van der Waals surface area contributed by atoms with Crippen molar-refractivity contribution in [3.8, 4) is 0 Å². The van der Waals surface area contributed by atoms with Crippen molar-refractivity contribution < 1.29 is 38.6 Å². The van der Waals surface area contributed by atoms with E-state index >= 15 is 0 Å². The first-order chi connectivity index (χ1) is 17.3. The molecule has 0 unspecified atom stereocenters. The number of rotatable bonds is 8. The molecule has 0 aliphatic heterocycles. The van der Waals surface area contributed by atoms with Gasteiger partial charge in [-0.05, 0) is 48.5 Å². The summed E-state index contributed by atoms with van der Waals surface area (Å²) in [5.74, 6) is -5.82. The number of carbonyl (C=O) groups excluding carboxylic acids is 4. The van der Waals surface area contributed by atoms with E-state index in [2.05, 4.69) is 21.4 Å². The van der Waals surface area contributed by atoms with E-state index < -0.39 is 41.9 Å². The third-order valence-corrected chi connectivity index (χ3v) is 5.20. The monoisotopic (exact) mass is 554 g/mol.